The van der Waals surface area contributed by atoms with Gasteiger partial charge >= 0.3 is 5.97 Å². The fourth-order valence-electron chi connectivity index (χ4n) is 3.50. The molecule has 0 spiro atoms. The van der Waals surface area contributed by atoms with Gasteiger partial charge in [0.1, 0.15) is 11.5 Å². The average Bonchev–Trinajstić information content (AvgIpc) is 3.24. The quantitative estimate of drug-likeness (QED) is 0.438. The summed E-state index contributed by atoms with van der Waals surface area (Å²) in [6.45, 7) is 5.44. The van der Waals surface area contributed by atoms with E-state index in [-0.39, 0.29) is 5.57 Å². The zero-order valence-corrected chi connectivity index (χ0v) is 18.5. The zero-order chi connectivity index (χ0) is 21.8. The van der Waals surface area contributed by atoms with Crippen LogP contribution in [-0.4, -0.2) is 25.3 Å². The summed E-state index contributed by atoms with van der Waals surface area (Å²) >= 11 is 1.65. The van der Waals surface area contributed by atoms with E-state index in [0.29, 0.717) is 17.1 Å². The number of benzene rings is 2. The minimum atomic E-state index is -0.967. The van der Waals surface area contributed by atoms with Crippen molar-refractivity contribution in [1.29, 1.82) is 0 Å². The lowest BCUT2D eigenvalue weighted by molar-refractivity contribution is -0.132. The molecule has 0 aliphatic carbocycles. The number of thiophene rings is 1. The standard InChI is InChI=1S/C24H25NO4S/c1-14(24(26)27)13-19-15(2)23(29-5)21(16(3)22(19)28-4)17-8-10-18(11-9-17)25-20-7-6-12-30-20/h6-13,25H,1-5H3,(H,26,27). The second kappa shape index (κ2) is 9.05. The molecule has 3 aromatic rings. The van der Waals surface area contributed by atoms with E-state index in [1.807, 2.05) is 55.6 Å². The number of carbonyl (C=O) groups is 1. The van der Waals surface area contributed by atoms with Crippen molar-refractivity contribution in [2.45, 2.75) is 20.8 Å². The van der Waals surface area contributed by atoms with Gasteiger partial charge in [0, 0.05) is 33.5 Å². The van der Waals surface area contributed by atoms with Crippen LogP contribution in [0.15, 0.2) is 47.4 Å². The highest BCUT2D eigenvalue weighted by molar-refractivity contribution is 7.14. The monoisotopic (exact) mass is 423 g/mol. The van der Waals surface area contributed by atoms with Gasteiger partial charge in [0.25, 0.3) is 0 Å². The van der Waals surface area contributed by atoms with Crippen LogP contribution in [0.2, 0.25) is 0 Å². The van der Waals surface area contributed by atoms with Gasteiger partial charge in [-0.3, -0.25) is 0 Å². The number of aliphatic carboxylic acids is 1. The molecule has 156 valence electrons. The van der Waals surface area contributed by atoms with Gasteiger partial charge < -0.3 is 19.9 Å². The van der Waals surface area contributed by atoms with Gasteiger partial charge in [-0.25, -0.2) is 4.79 Å². The van der Waals surface area contributed by atoms with Crippen molar-refractivity contribution >= 4 is 34.1 Å². The first-order valence-corrected chi connectivity index (χ1v) is 10.3. The minimum absolute atomic E-state index is 0.231. The topological polar surface area (TPSA) is 67.8 Å². The Kier molecular flexibility index (Phi) is 6.47. The molecule has 1 aromatic heterocycles. The Morgan fingerprint density at radius 1 is 1.03 bits per heavy atom. The highest BCUT2D eigenvalue weighted by Gasteiger charge is 2.22. The van der Waals surface area contributed by atoms with Crippen molar-refractivity contribution < 1.29 is 19.4 Å². The maximum Gasteiger partial charge on any atom is 0.331 e. The van der Waals surface area contributed by atoms with Crippen LogP contribution in [0.1, 0.15) is 23.6 Å². The molecule has 2 aromatic carbocycles. The molecule has 5 nitrogen and oxygen atoms in total. The smallest absolute Gasteiger partial charge is 0.331 e. The van der Waals surface area contributed by atoms with Gasteiger partial charge in [-0.2, -0.15) is 0 Å². The molecule has 2 N–H and O–H groups in total. The molecule has 30 heavy (non-hydrogen) atoms. The van der Waals surface area contributed by atoms with Gasteiger partial charge in [-0.1, -0.05) is 12.1 Å². The fraction of sp³-hybridized carbons (Fsp3) is 0.208. The van der Waals surface area contributed by atoms with Gasteiger partial charge in [0.2, 0.25) is 0 Å². The number of hydrogen-bond donors (Lipinski definition) is 2. The molecule has 0 aliphatic heterocycles. The van der Waals surface area contributed by atoms with Gasteiger partial charge in [-0.15, -0.1) is 11.3 Å². The molecule has 0 aliphatic rings. The number of nitrogens with one attached hydrogen (secondary N) is 1. The average molecular weight is 424 g/mol. The molecular formula is C24H25NO4S. The third kappa shape index (κ3) is 4.19. The van der Waals surface area contributed by atoms with Crippen molar-refractivity contribution in [2.75, 3.05) is 19.5 Å². The molecule has 6 heteroatoms. The lowest BCUT2D eigenvalue weighted by Crippen LogP contribution is -2.03. The lowest BCUT2D eigenvalue weighted by atomic mass is 9.91. The normalized spacial score (nSPS) is 11.3. The molecule has 0 radical (unpaired) electrons. The molecule has 0 amide bonds. The molecule has 0 saturated carbocycles. The van der Waals surface area contributed by atoms with Crippen LogP contribution in [0.4, 0.5) is 10.7 Å². The highest BCUT2D eigenvalue weighted by Crippen LogP contribution is 2.45. The Hall–Kier alpha value is -3.25. The maximum absolute atomic E-state index is 11.3. The fourth-order valence-corrected chi connectivity index (χ4v) is 4.13. The summed E-state index contributed by atoms with van der Waals surface area (Å²) in [5, 5.41) is 15.8. The molecule has 0 atom stereocenters. The molecule has 1 heterocycles. The number of anilines is 2. The Bertz CT molecular complexity index is 1080. The van der Waals surface area contributed by atoms with Crippen LogP contribution in [0, 0.1) is 13.8 Å². The Morgan fingerprint density at radius 3 is 2.23 bits per heavy atom. The van der Waals surface area contributed by atoms with Crippen LogP contribution < -0.4 is 14.8 Å². The van der Waals surface area contributed by atoms with E-state index in [0.717, 1.165) is 32.9 Å². The van der Waals surface area contributed by atoms with Crippen LogP contribution in [0.3, 0.4) is 0 Å². The van der Waals surface area contributed by atoms with Crippen molar-refractivity contribution in [2.24, 2.45) is 0 Å². The van der Waals surface area contributed by atoms with E-state index >= 15 is 0 Å². The van der Waals surface area contributed by atoms with Gasteiger partial charge in [0.15, 0.2) is 0 Å². The van der Waals surface area contributed by atoms with Gasteiger partial charge in [-0.05, 0) is 62.1 Å². The maximum atomic E-state index is 11.3. The summed E-state index contributed by atoms with van der Waals surface area (Å²) in [5.41, 5.74) is 5.59. The summed E-state index contributed by atoms with van der Waals surface area (Å²) in [4.78, 5) is 11.3. The van der Waals surface area contributed by atoms with Crippen LogP contribution in [0.5, 0.6) is 11.5 Å². The van der Waals surface area contributed by atoms with E-state index in [9.17, 15) is 9.90 Å². The predicted octanol–water partition coefficient (Wildman–Crippen LogP) is 6.28. The van der Waals surface area contributed by atoms with E-state index in [1.54, 1.807) is 38.6 Å². The summed E-state index contributed by atoms with van der Waals surface area (Å²) in [6, 6.07) is 12.2. The molecule has 0 unspecified atom stereocenters. The van der Waals surface area contributed by atoms with E-state index in [4.69, 9.17) is 9.47 Å². The van der Waals surface area contributed by atoms with Gasteiger partial charge in [0.05, 0.1) is 19.2 Å². The number of hydrogen-bond acceptors (Lipinski definition) is 5. The summed E-state index contributed by atoms with van der Waals surface area (Å²) in [7, 11) is 3.22. The molecule has 0 bridgehead atoms. The third-order valence-electron chi connectivity index (χ3n) is 5.00. The molecular weight excluding hydrogens is 398 g/mol. The van der Waals surface area contributed by atoms with E-state index in [1.165, 1.54) is 0 Å². The molecule has 3 rings (SSSR count). The van der Waals surface area contributed by atoms with Crippen LogP contribution in [0.25, 0.3) is 17.2 Å². The zero-order valence-electron chi connectivity index (χ0n) is 17.7. The predicted molar refractivity (Wildman–Crippen MR) is 123 cm³/mol. The first-order valence-electron chi connectivity index (χ1n) is 9.45. The van der Waals surface area contributed by atoms with Crippen molar-refractivity contribution in [3.63, 3.8) is 0 Å². The lowest BCUT2D eigenvalue weighted by Gasteiger charge is -2.21. The third-order valence-corrected chi connectivity index (χ3v) is 5.79. The highest BCUT2D eigenvalue weighted by atomic mass is 32.1. The largest absolute Gasteiger partial charge is 0.496 e. The number of methoxy groups -OCH3 is 2. The van der Waals surface area contributed by atoms with Crippen molar-refractivity contribution in [1.82, 2.24) is 0 Å². The Morgan fingerprint density at radius 2 is 1.70 bits per heavy atom. The minimum Gasteiger partial charge on any atom is -0.496 e. The SMILES string of the molecule is COc1c(C)c(-c2ccc(Nc3cccs3)cc2)c(OC)c(C)c1C=C(C)C(=O)O. The summed E-state index contributed by atoms with van der Waals surface area (Å²) < 4.78 is 11.5. The molecule has 0 fully saturated rings. The first-order chi connectivity index (χ1) is 14.4. The second-order valence-electron chi connectivity index (χ2n) is 6.92. The summed E-state index contributed by atoms with van der Waals surface area (Å²) in [5.74, 6) is 0.382. The van der Waals surface area contributed by atoms with E-state index < -0.39 is 5.97 Å². The summed E-state index contributed by atoms with van der Waals surface area (Å²) in [6.07, 6.45) is 1.63. The van der Waals surface area contributed by atoms with Crippen molar-refractivity contribution in [3.05, 3.63) is 64.0 Å². The first kappa shape index (κ1) is 21.5. The molecule has 0 saturated heterocycles. The van der Waals surface area contributed by atoms with Crippen LogP contribution >= 0.6 is 11.3 Å². The number of carboxylic acids is 1. The van der Waals surface area contributed by atoms with Crippen molar-refractivity contribution in [3.8, 4) is 22.6 Å². The number of ether oxygens (including phenoxy) is 2. The number of rotatable bonds is 7. The number of carboxylic acid groups (broad SMARTS) is 1. The Labute approximate surface area is 180 Å². The Balaban J connectivity index is 2.12. The van der Waals surface area contributed by atoms with E-state index in [2.05, 4.69) is 5.32 Å². The van der Waals surface area contributed by atoms with Crippen LogP contribution in [-0.2, 0) is 4.79 Å². The second-order valence-corrected chi connectivity index (χ2v) is 7.87.